The van der Waals surface area contributed by atoms with E-state index in [9.17, 15) is 5.11 Å². The molecule has 19 heavy (non-hydrogen) atoms. The second kappa shape index (κ2) is 10.8. The number of aliphatic hydroxyl groups is 1. The summed E-state index contributed by atoms with van der Waals surface area (Å²) in [6.45, 7) is 2.24. The minimum atomic E-state index is -0.171. The van der Waals surface area contributed by atoms with Crippen molar-refractivity contribution in [3.8, 4) is 0 Å². The van der Waals surface area contributed by atoms with Gasteiger partial charge in [-0.2, -0.15) is 0 Å². The predicted octanol–water partition coefficient (Wildman–Crippen LogP) is 5.65. The Hall–Kier alpha value is 0.01000. The second-order valence-electron chi connectivity index (χ2n) is 4.98. The van der Waals surface area contributed by atoms with Crippen LogP contribution in [0.15, 0.2) is 33.6 Å². The highest BCUT2D eigenvalue weighted by molar-refractivity contribution is 9.10. The summed E-state index contributed by atoms with van der Waals surface area (Å²) in [6.07, 6.45) is 8.50. The first kappa shape index (κ1) is 17.1. The minimum Gasteiger partial charge on any atom is -0.392 e. The van der Waals surface area contributed by atoms with Gasteiger partial charge in [-0.3, -0.25) is 0 Å². The summed E-state index contributed by atoms with van der Waals surface area (Å²) in [5.41, 5.74) is 0. The molecule has 1 rings (SSSR count). The van der Waals surface area contributed by atoms with Crippen molar-refractivity contribution in [2.75, 3.05) is 5.75 Å². The van der Waals surface area contributed by atoms with Crippen molar-refractivity contribution in [3.63, 3.8) is 0 Å². The van der Waals surface area contributed by atoms with E-state index in [4.69, 9.17) is 0 Å². The SMILES string of the molecule is CCCCCCCCC(O)CSc1cccc(Br)c1. The van der Waals surface area contributed by atoms with Crippen LogP contribution in [0, 0.1) is 0 Å². The van der Waals surface area contributed by atoms with Crippen molar-refractivity contribution in [1.82, 2.24) is 0 Å². The Balaban J connectivity index is 2.06. The van der Waals surface area contributed by atoms with Crippen LogP contribution in [0.4, 0.5) is 0 Å². The number of aliphatic hydroxyl groups excluding tert-OH is 1. The summed E-state index contributed by atoms with van der Waals surface area (Å²) in [7, 11) is 0. The fourth-order valence-corrected chi connectivity index (χ4v) is 3.48. The Morgan fingerprint density at radius 2 is 1.89 bits per heavy atom. The molecule has 3 heteroatoms. The topological polar surface area (TPSA) is 20.2 Å². The van der Waals surface area contributed by atoms with Crippen LogP contribution < -0.4 is 0 Å². The average molecular weight is 345 g/mol. The number of hydrogen-bond acceptors (Lipinski definition) is 2. The molecule has 0 amide bonds. The van der Waals surface area contributed by atoms with Crippen molar-refractivity contribution < 1.29 is 5.11 Å². The normalized spacial score (nSPS) is 12.6. The molecule has 1 nitrogen and oxygen atoms in total. The zero-order chi connectivity index (χ0) is 13.9. The van der Waals surface area contributed by atoms with Crippen LogP contribution in [0.2, 0.25) is 0 Å². The van der Waals surface area contributed by atoms with E-state index in [1.165, 1.54) is 37.0 Å². The molecule has 0 aliphatic carbocycles. The van der Waals surface area contributed by atoms with Gasteiger partial charge in [0.05, 0.1) is 6.10 Å². The van der Waals surface area contributed by atoms with Crippen molar-refractivity contribution in [1.29, 1.82) is 0 Å². The third-order valence-electron chi connectivity index (χ3n) is 3.13. The Morgan fingerprint density at radius 3 is 2.63 bits per heavy atom. The van der Waals surface area contributed by atoms with Crippen LogP contribution in [0.1, 0.15) is 51.9 Å². The summed E-state index contributed by atoms with van der Waals surface area (Å²) in [5.74, 6) is 0.797. The Morgan fingerprint density at radius 1 is 1.16 bits per heavy atom. The van der Waals surface area contributed by atoms with Crippen molar-refractivity contribution in [3.05, 3.63) is 28.7 Å². The lowest BCUT2D eigenvalue weighted by Gasteiger charge is -2.10. The molecule has 0 radical (unpaired) electrons. The van der Waals surface area contributed by atoms with Gasteiger partial charge in [-0.15, -0.1) is 11.8 Å². The summed E-state index contributed by atoms with van der Waals surface area (Å²) >= 11 is 5.20. The predicted molar refractivity (Wildman–Crippen MR) is 88.9 cm³/mol. The number of hydrogen-bond donors (Lipinski definition) is 1. The van der Waals surface area contributed by atoms with Gasteiger partial charge in [-0.1, -0.05) is 67.4 Å². The van der Waals surface area contributed by atoms with Crippen LogP contribution in [0.3, 0.4) is 0 Å². The number of halogens is 1. The molecule has 0 heterocycles. The Kier molecular flexibility index (Phi) is 9.66. The first-order valence-corrected chi connectivity index (χ1v) is 9.06. The molecule has 0 aliphatic rings. The molecule has 0 bridgehead atoms. The fraction of sp³-hybridized carbons (Fsp3) is 0.625. The summed E-state index contributed by atoms with van der Waals surface area (Å²) < 4.78 is 1.10. The van der Waals surface area contributed by atoms with Crippen LogP contribution in [0.25, 0.3) is 0 Å². The van der Waals surface area contributed by atoms with Crippen LogP contribution in [-0.4, -0.2) is 17.0 Å². The van der Waals surface area contributed by atoms with E-state index in [0.29, 0.717) is 0 Å². The molecular formula is C16H25BrOS. The smallest absolute Gasteiger partial charge is 0.0634 e. The molecule has 1 aromatic carbocycles. The highest BCUT2D eigenvalue weighted by Crippen LogP contribution is 2.23. The number of thioether (sulfide) groups is 1. The first-order chi connectivity index (χ1) is 9.22. The number of unbranched alkanes of at least 4 members (excludes halogenated alkanes) is 5. The van der Waals surface area contributed by atoms with E-state index < -0.39 is 0 Å². The van der Waals surface area contributed by atoms with Gasteiger partial charge in [0, 0.05) is 15.1 Å². The lowest BCUT2D eigenvalue weighted by Crippen LogP contribution is -2.09. The third-order valence-corrected chi connectivity index (χ3v) is 4.76. The summed E-state index contributed by atoms with van der Waals surface area (Å²) in [6, 6.07) is 8.25. The molecule has 1 N–H and O–H groups in total. The molecule has 108 valence electrons. The lowest BCUT2D eigenvalue weighted by molar-refractivity contribution is 0.185. The highest BCUT2D eigenvalue weighted by atomic mass is 79.9. The zero-order valence-electron chi connectivity index (χ0n) is 11.8. The van der Waals surface area contributed by atoms with Crippen molar-refractivity contribution in [2.45, 2.75) is 62.9 Å². The van der Waals surface area contributed by atoms with E-state index >= 15 is 0 Å². The maximum Gasteiger partial charge on any atom is 0.0634 e. The molecule has 0 aliphatic heterocycles. The molecule has 1 aromatic rings. The maximum absolute atomic E-state index is 9.95. The Labute approximate surface area is 130 Å². The average Bonchev–Trinajstić information content (AvgIpc) is 2.40. The van der Waals surface area contributed by atoms with Crippen LogP contribution >= 0.6 is 27.7 Å². The first-order valence-electron chi connectivity index (χ1n) is 7.28. The van der Waals surface area contributed by atoms with E-state index in [0.717, 1.165) is 23.1 Å². The van der Waals surface area contributed by atoms with Gasteiger partial charge in [-0.05, 0) is 24.6 Å². The standard InChI is InChI=1S/C16H25BrOS/c1-2-3-4-5-6-7-10-15(18)13-19-16-11-8-9-14(17)12-16/h8-9,11-12,15,18H,2-7,10,13H2,1H3. The number of benzene rings is 1. The van der Waals surface area contributed by atoms with Crippen LogP contribution in [0.5, 0.6) is 0 Å². The molecule has 0 aromatic heterocycles. The van der Waals surface area contributed by atoms with Crippen LogP contribution in [-0.2, 0) is 0 Å². The molecule has 0 spiro atoms. The largest absolute Gasteiger partial charge is 0.392 e. The Bertz CT molecular complexity index is 343. The molecule has 0 saturated heterocycles. The number of rotatable bonds is 10. The molecule has 0 saturated carbocycles. The van der Waals surface area contributed by atoms with Gasteiger partial charge < -0.3 is 5.11 Å². The zero-order valence-corrected chi connectivity index (χ0v) is 14.2. The van der Waals surface area contributed by atoms with Gasteiger partial charge in [0.2, 0.25) is 0 Å². The quantitative estimate of drug-likeness (QED) is 0.437. The highest BCUT2D eigenvalue weighted by Gasteiger charge is 2.05. The summed E-state index contributed by atoms with van der Waals surface area (Å²) in [4.78, 5) is 1.22. The van der Waals surface area contributed by atoms with Gasteiger partial charge in [0.1, 0.15) is 0 Å². The second-order valence-corrected chi connectivity index (χ2v) is 6.99. The van der Waals surface area contributed by atoms with Crippen molar-refractivity contribution in [2.24, 2.45) is 0 Å². The van der Waals surface area contributed by atoms with E-state index in [-0.39, 0.29) is 6.10 Å². The lowest BCUT2D eigenvalue weighted by atomic mass is 10.1. The summed E-state index contributed by atoms with van der Waals surface area (Å²) in [5, 5.41) is 9.95. The fourth-order valence-electron chi connectivity index (χ4n) is 1.99. The van der Waals surface area contributed by atoms with E-state index in [1.54, 1.807) is 11.8 Å². The minimum absolute atomic E-state index is 0.171. The maximum atomic E-state index is 9.95. The van der Waals surface area contributed by atoms with E-state index in [1.807, 2.05) is 12.1 Å². The third kappa shape index (κ3) is 8.72. The van der Waals surface area contributed by atoms with E-state index in [2.05, 4.69) is 35.0 Å². The molecular weight excluding hydrogens is 320 g/mol. The molecule has 0 fully saturated rings. The van der Waals surface area contributed by atoms with Crippen molar-refractivity contribution >= 4 is 27.7 Å². The monoisotopic (exact) mass is 344 g/mol. The van der Waals surface area contributed by atoms with Gasteiger partial charge in [0.25, 0.3) is 0 Å². The van der Waals surface area contributed by atoms with Gasteiger partial charge >= 0.3 is 0 Å². The molecule has 1 atom stereocenters. The van der Waals surface area contributed by atoms with Gasteiger partial charge in [-0.25, -0.2) is 0 Å². The van der Waals surface area contributed by atoms with Gasteiger partial charge in [0.15, 0.2) is 0 Å². The molecule has 1 unspecified atom stereocenters.